The summed E-state index contributed by atoms with van der Waals surface area (Å²) >= 11 is 0. The van der Waals surface area contributed by atoms with Gasteiger partial charge in [-0.15, -0.1) is 0 Å². The number of rotatable bonds is 8. The van der Waals surface area contributed by atoms with E-state index in [0.717, 1.165) is 45.0 Å². The van der Waals surface area contributed by atoms with Crippen LogP contribution in [-0.2, 0) is 4.74 Å². The van der Waals surface area contributed by atoms with E-state index in [4.69, 9.17) is 4.74 Å². The minimum atomic E-state index is -0.329. The molecule has 1 atom stereocenters. The number of hydrogen-bond donors (Lipinski definition) is 1. The maximum absolute atomic E-state index is 11.7. The average molecular weight is 397 g/mol. The van der Waals surface area contributed by atoms with Gasteiger partial charge in [0.1, 0.15) is 5.82 Å². The summed E-state index contributed by atoms with van der Waals surface area (Å²) in [5, 5.41) is 3.42. The van der Waals surface area contributed by atoms with Crippen molar-refractivity contribution in [3.05, 3.63) is 53.7 Å². The fraction of sp³-hybridized carbons (Fsp3) is 0.478. The third kappa shape index (κ3) is 6.19. The van der Waals surface area contributed by atoms with Crippen LogP contribution in [0.4, 0.5) is 11.5 Å². The predicted molar refractivity (Wildman–Crippen MR) is 118 cm³/mol. The molecule has 1 saturated heterocycles. The van der Waals surface area contributed by atoms with Gasteiger partial charge in [0.05, 0.1) is 12.2 Å². The maximum Gasteiger partial charge on any atom is 0.339 e. The summed E-state index contributed by atoms with van der Waals surface area (Å²) in [6.45, 7) is 11.9. The summed E-state index contributed by atoms with van der Waals surface area (Å²) in [7, 11) is 0. The number of esters is 1. The van der Waals surface area contributed by atoms with E-state index in [2.05, 4.69) is 58.2 Å². The number of nitrogens with one attached hydrogen (secondary N) is 1. The molecule has 1 aliphatic heterocycles. The third-order valence-corrected chi connectivity index (χ3v) is 5.29. The van der Waals surface area contributed by atoms with Crippen LogP contribution < -0.4 is 10.2 Å². The summed E-state index contributed by atoms with van der Waals surface area (Å²) in [6.07, 6.45) is 2.61. The number of carbonyl (C=O) groups is 1. The first kappa shape index (κ1) is 21.1. The molecule has 0 aliphatic carbocycles. The number of hydrogen-bond acceptors (Lipinski definition) is 6. The number of pyridine rings is 1. The molecule has 0 amide bonds. The van der Waals surface area contributed by atoms with E-state index in [0.29, 0.717) is 18.2 Å². The highest BCUT2D eigenvalue weighted by molar-refractivity contribution is 5.89. The number of anilines is 2. The van der Waals surface area contributed by atoms with Crippen LogP contribution in [0.3, 0.4) is 0 Å². The Kier molecular flexibility index (Phi) is 7.47. The Morgan fingerprint density at radius 3 is 2.66 bits per heavy atom. The molecule has 1 aliphatic rings. The molecular weight excluding hydrogens is 364 g/mol. The molecule has 0 radical (unpaired) electrons. The Balaban J connectivity index is 1.40. The lowest BCUT2D eigenvalue weighted by molar-refractivity contribution is 0.0526. The molecule has 156 valence electrons. The normalized spacial score (nSPS) is 15.8. The van der Waals surface area contributed by atoms with Crippen molar-refractivity contribution < 1.29 is 9.53 Å². The fourth-order valence-electron chi connectivity index (χ4n) is 3.57. The monoisotopic (exact) mass is 396 g/mol. The molecule has 1 aromatic carbocycles. The smallest absolute Gasteiger partial charge is 0.339 e. The highest BCUT2D eigenvalue weighted by atomic mass is 16.5. The van der Waals surface area contributed by atoms with Crippen LogP contribution in [0.5, 0.6) is 0 Å². The molecule has 2 aromatic rings. The van der Waals surface area contributed by atoms with Gasteiger partial charge in [0, 0.05) is 50.6 Å². The van der Waals surface area contributed by atoms with Gasteiger partial charge in [0.25, 0.3) is 0 Å². The second-order valence-corrected chi connectivity index (χ2v) is 7.65. The van der Waals surface area contributed by atoms with Gasteiger partial charge in [-0.3, -0.25) is 4.90 Å². The zero-order chi connectivity index (χ0) is 20.6. The second-order valence-electron chi connectivity index (χ2n) is 7.65. The number of carbonyl (C=O) groups excluding carboxylic acids is 1. The van der Waals surface area contributed by atoms with Crippen molar-refractivity contribution in [1.82, 2.24) is 9.88 Å². The van der Waals surface area contributed by atoms with Crippen molar-refractivity contribution in [2.75, 3.05) is 49.5 Å². The number of nitrogens with zero attached hydrogens (tertiary/aromatic N) is 3. The Hall–Kier alpha value is -2.60. The zero-order valence-corrected chi connectivity index (χ0v) is 17.7. The molecule has 3 rings (SSSR count). The van der Waals surface area contributed by atoms with Crippen molar-refractivity contribution in [2.24, 2.45) is 0 Å². The van der Waals surface area contributed by atoms with E-state index in [1.807, 2.05) is 6.07 Å². The Labute approximate surface area is 173 Å². The topological polar surface area (TPSA) is 57.7 Å². The van der Waals surface area contributed by atoms with Crippen molar-refractivity contribution in [3.63, 3.8) is 0 Å². The summed E-state index contributed by atoms with van der Waals surface area (Å²) in [6, 6.07) is 12.7. The second kappa shape index (κ2) is 10.3. The van der Waals surface area contributed by atoms with Crippen LogP contribution in [-0.4, -0.2) is 61.2 Å². The van der Waals surface area contributed by atoms with Crippen LogP contribution in [0, 0.1) is 6.92 Å². The van der Waals surface area contributed by atoms with Crippen molar-refractivity contribution in [1.29, 1.82) is 0 Å². The van der Waals surface area contributed by atoms with Crippen LogP contribution >= 0.6 is 0 Å². The molecule has 6 nitrogen and oxygen atoms in total. The molecule has 0 saturated carbocycles. The standard InChI is InChI=1S/C23H32N4O2/c1-4-29-23(28)20-8-9-22(24-17-20)25-19(3)10-11-26-12-14-27(15-13-26)21-7-5-6-18(2)16-21/h5-9,16-17,19H,4,10-15H2,1-3H3,(H,24,25)/t19-/m1/s1. The van der Waals surface area contributed by atoms with Gasteiger partial charge in [-0.05, 0) is 57.0 Å². The van der Waals surface area contributed by atoms with E-state index in [1.54, 1.807) is 19.2 Å². The fourth-order valence-corrected chi connectivity index (χ4v) is 3.57. The SMILES string of the molecule is CCOC(=O)c1ccc(N[C@H](C)CCN2CCN(c3cccc(C)c3)CC2)nc1. The largest absolute Gasteiger partial charge is 0.462 e. The molecular formula is C23H32N4O2. The predicted octanol–water partition coefficient (Wildman–Crippen LogP) is 3.58. The van der Waals surface area contributed by atoms with Crippen LogP contribution in [0.2, 0.25) is 0 Å². The first-order chi connectivity index (χ1) is 14.0. The number of aryl methyl sites for hydroxylation is 1. The zero-order valence-electron chi connectivity index (χ0n) is 17.7. The molecule has 0 bridgehead atoms. The van der Waals surface area contributed by atoms with Gasteiger partial charge >= 0.3 is 5.97 Å². The molecule has 2 heterocycles. The van der Waals surface area contributed by atoms with Crippen LogP contribution in [0.25, 0.3) is 0 Å². The number of aromatic nitrogens is 1. The van der Waals surface area contributed by atoms with E-state index >= 15 is 0 Å². The van der Waals surface area contributed by atoms with Gasteiger partial charge in [-0.1, -0.05) is 12.1 Å². The average Bonchev–Trinajstić information content (AvgIpc) is 2.73. The quantitative estimate of drug-likeness (QED) is 0.689. The highest BCUT2D eigenvalue weighted by Crippen LogP contribution is 2.18. The summed E-state index contributed by atoms with van der Waals surface area (Å²) in [5.74, 6) is 0.458. The molecule has 1 N–H and O–H groups in total. The number of piperazine rings is 1. The van der Waals surface area contributed by atoms with Gasteiger partial charge in [0.15, 0.2) is 0 Å². The number of ether oxygens (including phenoxy) is 1. The van der Waals surface area contributed by atoms with E-state index in [-0.39, 0.29) is 5.97 Å². The number of benzene rings is 1. The minimum Gasteiger partial charge on any atom is -0.462 e. The lowest BCUT2D eigenvalue weighted by Gasteiger charge is -2.36. The third-order valence-electron chi connectivity index (χ3n) is 5.29. The first-order valence-electron chi connectivity index (χ1n) is 10.5. The molecule has 29 heavy (non-hydrogen) atoms. The summed E-state index contributed by atoms with van der Waals surface area (Å²) in [4.78, 5) is 21.0. The highest BCUT2D eigenvalue weighted by Gasteiger charge is 2.18. The molecule has 0 spiro atoms. The Morgan fingerprint density at radius 2 is 2.00 bits per heavy atom. The molecule has 0 unspecified atom stereocenters. The van der Waals surface area contributed by atoms with E-state index in [1.165, 1.54) is 11.3 Å². The first-order valence-corrected chi connectivity index (χ1v) is 10.5. The van der Waals surface area contributed by atoms with Crippen molar-refractivity contribution >= 4 is 17.5 Å². The lowest BCUT2D eigenvalue weighted by atomic mass is 10.1. The van der Waals surface area contributed by atoms with Gasteiger partial charge in [0.2, 0.25) is 0 Å². The van der Waals surface area contributed by atoms with E-state index in [9.17, 15) is 4.79 Å². The van der Waals surface area contributed by atoms with E-state index < -0.39 is 0 Å². The summed E-state index contributed by atoms with van der Waals surface area (Å²) in [5.41, 5.74) is 3.13. The molecule has 1 fully saturated rings. The minimum absolute atomic E-state index is 0.311. The van der Waals surface area contributed by atoms with Gasteiger partial charge in [-0.25, -0.2) is 9.78 Å². The summed E-state index contributed by atoms with van der Waals surface area (Å²) < 4.78 is 4.99. The Morgan fingerprint density at radius 1 is 1.21 bits per heavy atom. The van der Waals surface area contributed by atoms with Crippen LogP contribution in [0.15, 0.2) is 42.6 Å². The van der Waals surface area contributed by atoms with Gasteiger partial charge in [-0.2, -0.15) is 0 Å². The van der Waals surface area contributed by atoms with Crippen LogP contribution in [0.1, 0.15) is 36.2 Å². The Bertz CT molecular complexity index is 786. The van der Waals surface area contributed by atoms with Gasteiger partial charge < -0.3 is 15.0 Å². The van der Waals surface area contributed by atoms with Crippen molar-refractivity contribution in [2.45, 2.75) is 33.2 Å². The molecule has 6 heteroatoms. The molecule has 1 aromatic heterocycles. The maximum atomic E-state index is 11.7. The van der Waals surface area contributed by atoms with Crippen molar-refractivity contribution in [3.8, 4) is 0 Å². The lowest BCUT2D eigenvalue weighted by Crippen LogP contribution is -2.47.